The van der Waals surface area contributed by atoms with E-state index in [4.69, 9.17) is 14.6 Å². The van der Waals surface area contributed by atoms with Crippen molar-refractivity contribution in [3.8, 4) is 11.5 Å². The summed E-state index contributed by atoms with van der Waals surface area (Å²) in [5.41, 5.74) is 0. The molecule has 2 rings (SSSR count). The zero-order valence-electron chi connectivity index (χ0n) is 14.8. The molecular weight excluding hydrogens is 300 g/mol. The van der Waals surface area contributed by atoms with Gasteiger partial charge in [0.05, 0.1) is 13.2 Å². The van der Waals surface area contributed by atoms with Crippen molar-refractivity contribution in [1.82, 2.24) is 0 Å². The number of benzene rings is 2. The number of hydrogen-bond acceptors (Lipinski definition) is 3. The van der Waals surface area contributed by atoms with Gasteiger partial charge in [0, 0.05) is 6.61 Å². The van der Waals surface area contributed by atoms with E-state index < -0.39 is 0 Å². The maximum atomic E-state index is 8.75. The second-order valence-corrected chi connectivity index (χ2v) is 6.21. The van der Waals surface area contributed by atoms with Crippen LogP contribution in [0.4, 0.5) is 0 Å². The molecule has 0 heterocycles. The van der Waals surface area contributed by atoms with Crippen molar-refractivity contribution in [2.45, 2.75) is 51.9 Å². The fraction of sp³-hybridized carbons (Fsp3) is 0.524. The molecule has 0 bridgehead atoms. The van der Waals surface area contributed by atoms with Crippen LogP contribution in [0.2, 0.25) is 0 Å². The summed E-state index contributed by atoms with van der Waals surface area (Å²) in [5.74, 6) is 1.86. The highest BCUT2D eigenvalue weighted by Gasteiger charge is 2.01. The Bertz CT molecular complexity index is 595. The van der Waals surface area contributed by atoms with Crippen LogP contribution < -0.4 is 9.47 Å². The van der Waals surface area contributed by atoms with Gasteiger partial charge in [0.25, 0.3) is 0 Å². The normalized spacial score (nSPS) is 10.9. The van der Waals surface area contributed by atoms with Gasteiger partial charge in [0.15, 0.2) is 0 Å². The van der Waals surface area contributed by atoms with Crippen LogP contribution in [0.1, 0.15) is 51.9 Å². The van der Waals surface area contributed by atoms with Gasteiger partial charge in [-0.05, 0) is 60.7 Å². The van der Waals surface area contributed by atoms with Crippen LogP contribution in [-0.4, -0.2) is 24.9 Å². The van der Waals surface area contributed by atoms with Crippen LogP contribution in [0.5, 0.6) is 11.5 Å². The standard InChI is InChI=1S/C21H30O3/c1-2-3-7-14-23-20-11-9-19-17-21(12-10-18(19)16-20)24-15-8-5-4-6-13-22/h9-12,16-17,22H,2-8,13-15H2,1H3. The van der Waals surface area contributed by atoms with Crippen molar-refractivity contribution in [2.24, 2.45) is 0 Å². The van der Waals surface area contributed by atoms with Gasteiger partial charge in [-0.15, -0.1) is 0 Å². The average Bonchev–Trinajstić information content (AvgIpc) is 2.61. The summed E-state index contributed by atoms with van der Waals surface area (Å²) in [6.07, 6.45) is 7.63. The molecule has 0 atom stereocenters. The minimum Gasteiger partial charge on any atom is -0.494 e. The predicted molar refractivity (Wildman–Crippen MR) is 100 cm³/mol. The highest BCUT2D eigenvalue weighted by atomic mass is 16.5. The molecule has 2 aromatic rings. The Labute approximate surface area is 145 Å². The molecule has 0 unspecified atom stereocenters. The fourth-order valence-corrected chi connectivity index (χ4v) is 2.68. The zero-order chi connectivity index (χ0) is 17.0. The number of aliphatic hydroxyl groups excluding tert-OH is 1. The van der Waals surface area contributed by atoms with Gasteiger partial charge < -0.3 is 14.6 Å². The molecule has 1 N–H and O–H groups in total. The molecule has 0 saturated carbocycles. The van der Waals surface area contributed by atoms with Crippen molar-refractivity contribution >= 4 is 10.8 Å². The van der Waals surface area contributed by atoms with Crippen LogP contribution in [-0.2, 0) is 0 Å². The van der Waals surface area contributed by atoms with Crippen molar-refractivity contribution in [1.29, 1.82) is 0 Å². The molecule has 3 nitrogen and oxygen atoms in total. The van der Waals surface area contributed by atoms with E-state index in [0.29, 0.717) is 0 Å². The summed E-state index contributed by atoms with van der Waals surface area (Å²) < 4.78 is 11.6. The minimum atomic E-state index is 0.288. The number of unbranched alkanes of at least 4 members (excludes halogenated alkanes) is 5. The molecule has 2 aromatic carbocycles. The monoisotopic (exact) mass is 330 g/mol. The highest BCUT2D eigenvalue weighted by molar-refractivity contribution is 5.85. The van der Waals surface area contributed by atoms with Crippen LogP contribution in [0.25, 0.3) is 10.8 Å². The van der Waals surface area contributed by atoms with Crippen molar-refractivity contribution < 1.29 is 14.6 Å². The number of ether oxygens (including phenoxy) is 2. The lowest BCUT2D eigenvalue weighted by Crippen LogP contribution is -1.98. The third-order valence-corrected chi connectivity index (χ3v) is 4.12. The molecule has 0 saturated heterocycles. The van der Waals surface area contributed by atoms with Gasteiger partial charge >= 0.3 is 0 Å². The first kappa shape index (κ1) is 18.6. The second kappa shape index (κ2) is 10.9. The molecule has 0 fully saturated rings. The minimum absolute atomic E-state index is 0.288. The Kier molecular flexibility index (Phi) is 8.47. The summed E-state index contributed by atoms with van der Waals surface area (Å²) in [6.45, 7) is 4.01. The molecule has 0 radical (unpaired) electrons. The van der Waals surface area contributed by atoms with Gasteiger partial charge in [0.2, 0.25) is 0 Å². The largest absolute Gasteiger partial charge is 0.494 e. The average molecular weight is 330 g/mol. The van der Waals surface area contributed by atoms with Crippen LogP contribution >= 0.6 is 0 Å². The summed E-state index contributed by atoms with van der Waals surface area (Å²) in [4.78, 5) is 0. The van der Waals surface area contributed by atoms with E-state index >= 15 is 0 Å². The quantitative estimate of drug-likeness (QED) is 0.534. The Hall–Kier alpha value is -1.74. The predicted octanol–water partition coefficient (Wildman–Crippen LogP) is 5.34. The van der Waals surface area contributed by atoms with E-state index in [1.54, 1.807) is 0 Å². The maximum Gasteiger partial charge on any atom is 0.119 e. The zero-order valence-corrected chi connectivity index (χ0v) is 14.8. The molecule has 0 spiro atoms. The van der Waals surface area contributed by atoms with Crippen molar-refractivity contribution in [3.63, 3.8) is 0 Å². The third-order valence-electron chi connectivity index (χ3n) is 4.12. The van der Waals surface area contributed by atoms with E-state index in [2.05, 4.69) is 31.2 Å². The van der Waals surface area contributed by atoms with Gasteiger partial charge in [-0.1, -0.05) is 38.3 Å². The van der Waals surface area contributed by atoms with E-state index in [1.165, 1.54) is 23.6 Å². The fourth-order valence-electron chi connectivity index (χ4n) is 2.68. The van der Waals surface area contributed by atoms with E-state index in [9.17, 15) is 0 Å². The Morgan fingerprint density at radius 2 is 1.25 bits per heavy atom. The third kappa shape index (κ3) is 6.40. The Morgan fingerprint density at radius 3 is 1.79 bits per heavy atom. The first-order valence-electron chi connectivity index (χ1n) is 9.24. The van der Waals surface area contributed by atoms with Crippen LogP contribution in [0.3, 0.4) is 0 Å². The molecule has 0 aliphatic heterocycles. The second-order valence-electron chi connectivity index (χ2n) is 6.21. The topological polar surface area (TPSA) is 38.7 Å². The number of hydrogen-bond donors (Lipinski definition) is 1. The first-order valence-corrected chi connectivity index (χ1v) is 9.24. The van der Waals surface area contributed by atoms with Gasteiger partial charge in [-0.25, -0.2) is 0 Å². The van der Waals surface area contributed by atoms with Gasteiger partial charge in [-0.2, -0.15) is 0 Å². The smallest absolute Gasteiger partial charge is 0.119 e. The number of fused-ring (bicyclic) bond motifs is 1. The van der Waals surface area contributed by atoms with E-state index in [1.807, 2.05) is 12.1 Å². The Balaban J connectivity index is 1.82. The molecule has 0 aliphatic rings. The SMILES string of the molecule is CCCCCOc1ccc2cc(OCCCCCCO)ccc2c1. The summed E-state index contributed by atoms with van der Waals surface area (Å²) >= 11 is 0. The first-order chi connectivity index (χ1) is 11.8. The summed E-state index contributed by atoms with van der Waals surface area (Å²) in [5, 5.41) is 11.1. The van der Waals surface area contributed by atoms with E-state index in [-0.39, 0.29) is 6.61 Å². The lowest BCUT2D eigenvalue weighted by molar-refractivity contribution is 0.273. The molecule has 24 heavy (non-hydrogen) atoms. The molecule has 0 amide bonds. The van der Waals surface area contributed by atoms with Gasteiger partial charge in [0.1, 0.15) is 11.5 Å². The molecule has 3 heteroatoms. The van der Waals surface area contributed by atoms with Crippen LogP contribution in [0, 0.1) is 0 Å². The molecule has 0 aromatic heterocycles. The molecular formula is C21H30O3. The molecule has 0 aliphatic carbocycles. The van der Waals surface area contributed by atoms with Crippen molar-refractivity contribution in [3.05, 3.63) is 36.4 Å². The Morgan fingerprint density at radius 1 is 0.708 bits per heavy atom. The maximum absolute atomic E-state index is 8.75. The van der Waals surface area contributed by atoms with Crippen LogP contribution in [0.15, 0.2) is 36.4 Å². The number of rotatable bonds is 12. The number of aliphatic hydroxyl groups is 1. The van der Waals surface area contributed by atoms with Gasteiger partial charge in [-0.3, -0.25) is 0 Å². The lowest BCUT2D eigenvalue weighted by Gasteiger charge is -2.09. The van der Waals surface area contributed by atoms with Crippen molar-refractivity contribution in [2.75, 3.05) is 19.8 Å². The van der Waals surface area contributed by atoms with E-state index in [0.717, 1.165) is 56.8 Å². The molecule has 132 valence electrons. The lowest BCUT2D eigenvalue weighted by atomic mass is 10.1. The summed E-state index contributed by atoms with van der Waals surface area (Å²) in [7, 11) is 0. The highest BCUT2D eigenvalue weighted by Crippen LogP contribution is 2.25. The summed E-state index contributed by atoms with van der Waals surface area (Å²) in [6, 6.07) is 12.4.